The van der Waals surface area contributed by atoms with Crippen LogP contribution >= 0.6 is 0 Å². The van der Waals surface area contributed by atoms with Gasteiger partial charge in [-0.2, -0.15) is 0 Å². The SMILES string of the molecule is c1ccc2c(c1)-c1ccccc1C1(c3ccccc3-2)c2ccccc2-c2c(-c3nc(-c4ccc5c(c4)oc4ccccc45)nc(-c4cccc5oc6ccccc6c45)n3)cccc21.c1ccc2c(c1)-c1ccccc1C1(c3ccccc3-2)c2ccccc2-c2c(-c3nc(-c4ccc5oc6ccccc6c5c4)nc(-c4cccc5oc6ccccc6c45)n3)cccc21. The van der Waals surface area contributed by atoms with Crippen LogP contribution in [0, 0.1) is 0 Å². The molecular formula is C116H66N6O4. The predicted molar refractivity (Wildman–Crippen MR) is 505 cm³/mol. The summed E-state index contributed by atoms with van der Waals surface area (Å²) in [7, 11) is 0. The fourth-order valence-corrected chi connectivity index (χ4v) is 21.7. The summed E-state index contributed by atoms with van der Waals surface area (Å²) in [5, 5.41) is 8.16. The zero-order valence-corrected chi connectivity index (χ0v) is 67.4. The number of fused-ring (bicyclic) bond motifs is 36. The van der Waals surface area contributed by atoms with Crippen molar-refractivity contribution >= 4 is 87.8 Å². The Morgan fingerprint density at radius 2 is 0.405 bits per heavy atom. The number of hydrogen-bond acceptors (Lipinski definition) is 10. The van der Waals surface area contributed by atoms with Gasteiger partial charge in [-0.15, -0.1) is 0 Å². The van der Waals surface area contributed by atoms with Gasteiger partial charge in [-0.1, -0.05) is 334 Å². The summed E-state index contributed by atoms with van der Waals surface area (Å²) in [4.78, 5) is 32.5. The molecule has 0 fully saturated rings. The Kier molecular flexibility index (Phi) is 14.9. The topological polar surface area (TPSA) is 130 Å². The molecule has 4 aliphatic rings. The van der Waals surface area contributed by atoms with Crippen LogP contribution in [0.1, 0.15) is 44.5 Å². The Hall–Kier alpha value is -16.8. The van der Waals surface area contributed by atoms with E-state index in [2.05, 4.69) is 297 Å². The molecule has 126 heavy (non-hydrogen) atoms. The molecule has 0 aliphatic heterocycles. The highest BCUT2D eigenvalue weighted by atomic mass is 16.3. The molecule has 0 unspecified atom stereocenters. The van der Waals surface area contributed by atoms with E-state index in [0.29, 0.717) is 34.9 Å². The number of nitrogens with zero attached hydrogens (tertiary/aromatic N) is 6. The van der Waals surface area contributed by atoms with E-state index in [1.165, 1.54) is 89.0 Å². The molecule has 0 saturated heterocycles. The molecule has 10 nitrogen and oxygen atoms in total. The van der Waals surface area contributed by atoms with Gasteiger partial charge in [0.2, 0.25) is 0 Å². The maximum Gasteiger partial charge on any atom is 0.164 e. The van der Waals surface area contributed by atoms with Crippen LogP contribution in [0.15, 0.2) is 418 Å². The molecule has 28 rings (SSSR count). The van der Waals surface area contributed by atoms with E-state index in [1.807, 2.05) is 103 Å². The second kappa shape index (κ2) is 26.8. The maximum atomic E-state index is 6.41. The van der Waals surface area contributed by atoms with Gasteiger partial charge < -0.3 is 17.7 Å². The summed E-state index contributed by atoms with van der Waals surface area (Å²) < 4.78 is 25.5. The Morgan fingerprint density at radius 3 is 0.833 bits per heavy atom. The Bertz CT molecular complexity index is 8660. The van der Waals surface area contributed by atoms with E-state index in [1.54, 1.807) is 0 Å². The van der Waals surface area contributed by atoms with Crippen molar-refractivity contribution < 1.29 is 17.7 Å². The van der Waals surface area contributed by atoms with Gasteiger partial charge in [0.25, 0.3) is 0 Å². The third-order valence-electron chi connectivity index (χ3n) is 26.8. The lowest BCUT2D eigenvalue weighted by atomic mass is 9.66. The molecule has 0 bridgehead atoms. The molecule has 0 N–H and O–H groups in total. The minimum atomic E-state index is -0.638. The van der Waals surface area contributed by atoms with Crippen molar-refractivity contribution in [2.75, 3.05) is 0 Å². The molecular weight excluding hydrogens is 1540 g/mol. The number of benzene rings is 18. The molecule has 6 heterocycles. The molecule has 2 spiro atoms. The van der Waals surface area contributed by atoms with Gasteiger partial charge in [0, 0.05) is 76.5 Å². The van der Waals surface area contributed by atoms with Gasteiger partial charge in [0.05, 0.1) is 10.8 Å². The van der Waals surface area contributed by atoms with Crippen LogP contribution in [-0.4, -0.2) is 29.9 Å². The highest BCUT2D eigenvalue weighted by Crippen LogP contribution is 2.65. The number of para-hydroxylation sites is 4. The largest absolute Gasteiger partial charge is 0.456 e. The average molecular weight is 1610 g/mol. The molecule has 10 heteroatoms. The predicted octanol–water partition coefficient (Wildman–Crippen LogP) is 29.4. The van der Waals surface area contributed by atoms with Crippen molar-refractivity contribution in [2.45, 2.75) is 10.8 Å². The molecule has 0 atom stereocenters. The minimum absolute atomic E-state index is 0.557. The second-order valence-electron chi connectivity index (χ2n) is 33.1. The Morgan fingerprint density at radius 1 is 0.151 bits per heavy atom. The summed E-state index contributed by atoms with van der Waals surface area (Å²) in [6, 6.07) is 142. The molecule has 0 saturated carbocycles. The van der Waals surface area contributed by atoms with E-state index in [0.717, 1.165) is 143 Å². The standard InChI is InChI=1S/2C58H33N3O2/c1-2-16-36-35(15-1)37-17-3-8-24-45(37)58(46-25-9-4-18-38(36)46)47-26-10-5-20-41(47)53-43(22-13-27-48(53)58)56-59-55(34-31-32-40-39-19-6-11-28-49(39)63-52(40)33-34)60-57(61-56)44-23-14-30-51-54(44)42-21-7-12-29-50(42)62-51;1-2-16-36-35(15-1)37-17-3-8-24-45(37)58(46-25-9-4-18-38(36)46)47-26-10-5-20-40(47)53-42(22-13-27-48(53)58)56-59-55(34-31-32-51-44(33-34)39-19-6-11-28-49(39)62-51)60-57(61-56)43-23-14-30-52-54(43)41-21-7-12-29-50(41)63-52/h2*1-33H. The molecule has 584 valence electrons. The van der Waals surface area contributed by atoms with Gasteiger partial charge in [-0.3, -0.25) is 0 Å². The lowest BCUT2D eigenvalue weighted by Gasteiger charge is -2.35. The maximum absolute atomic E-state index is 6.41. The fourth-order valence-electron chi connectivity index (χ4n) is 21.7. The molecule has 24 aromatic rings. The van der Waals surface area contributed by atoms with Gasteiger partial charge >= 0.3 is 0 Å². The Labute approximate surface area is 721 Å². The lowest BCUT2D eigenvalue weighted by molar-refractivity contribution is 0.668. The summed E-state index contributed by atoms with van der Waals surface area (Å²) in [5.74, 6) is 3.46. The molecule has 6 aromatic heterocycles. The molecule has 0 amide bonds. The lowest BCUT2D eigenvalue weighted by Crippen LogP contribution is -2.29. The number of hydrogen-bond donors (Lipinski definition) is 0. The van der Waals surface area contributed by atoms with Gasteiger partial charge in [-0.05, 0) is 178 Å². The van der Waals surface area contributed by atoms with Crippen molar-refractivity contribution in [1.29, 1.82) is 0 Å². The van der Waals surface area contributed by atoms with Crippen LogP contribution in [-0.2, 0) is 10.8 Å². The Balaban J connectivity index is 0.000000131. The van der Waals surface area contributed by atoms with Crippen LogP contribution < -0.4 is 0 Å². The van der Waals surface area contributed by atoms with Gasteiger partial charge in [0.1, 0.15) is 44.7 Å². The quantitative estimate of drug-likeness (QED) is 0.159. The van der Waals surface area contributed by atoms with Crippen molar-refractivity contribution in [1.82, 2.24) is 29.9 Å². The molecule has 18 aromatic carbocycles. The summed E-state index contributed by atoms with van der Waals surface area (Å²) in [5.41, 5.74) is 34.8. The molecule has 0 radical (unpaired) electrons. The van der Waals surface area contributed by atoms with Crippen LogP contribution in [0.2, 0.25) is 0 Å². The minimum Gasteiger partial charge on any atom is -0.456 e. The van der Waals surface area contributed by atoms with Crippen molar-refractivity contribution in [3.05, 3.63) is 445 Å². The summed E-state index contributed by atoms with van der Waals surface area (Å²) >= 11 is 0. The van der Waals surface area contributed by atoms with Crippen molar-refractivity contribution in [2.24, 2.45) is 0 Å². The van der Waals surface area contributed by atoms with Gasteiger partial charge in [0.15, 0.2) is 34.9 Å². The first-order valence-corrected chi connectivity index (χ1v) is 42.7. The third kappa shape index (κ3) is 9.91. The van der Waals surface area contributed by atoms with E-state index < -0.39 is 10.8 Å². The molecule has 4 aliphatic carbocycles. The van der Waals surface area contributed by atoms with Crippen molar-refractivity contribution in [3.8, 4) is 135 Å². The highest BCUT2D eigenvalue weighted by molar-refractivity contribution is 6.15. The third-order valence-corrected chi connectivity index (χ3v) is 26.8. The second-order valence-corrected chi connectivity index (χ2v) is 33.1. The highest BCUT2D eigenvalue weighted by Gasteiger charge is 2.53. The summed E-state index contributed by atoms with van der Waals surface area (Å²) in [6.07, 6.45) is 0. The van der Waals surface area contributed by atoms with E-state index in [-0.39, 0.29) is 0 Å². The number of aromatic nitrogens is 6. The first-order chi connectivity index (χ1) is 62.5. The van der Waals surface area contributed by atoms with Crippen LogP contribution in [0.3, 0.4) is 0 Å². The van der Waals surface area contributed by atoms with E-state index in [4.69, 9.17) is 47.6 Å². The van der Waals surface area contributed by atoms with Gasteiger partial charge in [-0.25, -0.2) is 29.9 Å². The van der Waals surface area contributed by atoms with Crippen molar-refractivity contribution in [3.63, 3.8) is 0 Å². The smallest absolute Gasteiger partial charge is 0.164 e. The number of furan rings is 4. The van der Waals surface area contributed by atoms with Crippen LogP contribution in [0.4, 0.5) is 0 Å². The first kappa shape index (κ1) is 69.9. The van der Waals surface area contributed by atoms with Crippen LogP contribution in [0.25, 0.3) is 223 Å². The fraction of sp³-hybridized carbons (Fsp3) is 0.0172. The van der Waals surface area contributed by atoms with E-state index in [9.17, 15) is 0 Å². The first-order valence-electron chi connectivity index (χ1n) is 42.7. The normalized spacial score (nSPS) is 13.2. The zero-order valence-electron chi connectivity index (χ0n) is 67.4. The van der Waals surface area contributed by atoms with E-state index >= 15 is 0 Å². The average Bonchev–Trinajstić information content (AvgIpc) is 1.52. The monoisotopic (exact) mass is 1610 g/mol. The zero-order chi connectivity index (χ0) is 82.5. The van der Waals surface area contributed by atoms with Crippen LogP contribution in [0.5, 0.6) is 0 Å². The summed E-state index contributed by atoms with van der Waals surface area (Å²) in [6.45, 7) is 0. The number of rotatable bonds is 6.